The minimum absolute atomic E-state index is 0.151. The van der Waals surface area contributed by atoms with Crippen LogP contribution in [0.15, 0.2) is 23.3 Å². The molecule has 0 radical (unpaired) electrons. The van der Waals surface area contributed by atoms with E-state index >= 15 is 0 Å². The van der Waals surface area contributed by atoms with Crippen LogP contribution in [0, 0.1) is 5.41 Å². The molecule has 0 heterocycles. The molecule has 0 amide bonds. The number of aliphatic carboxylic acids is 1. The zero-order valence-electron chi connectivity index (χ0n) is 10.9. The van der Waals surface area contributed by atoms with Gasteiger partial charge in [0.25, 0.3) is 0 Å². The maximum atomic E-state index is 10.5. The quantitative estimate of drug-likeness (QED) is 0.689. The molecular weight excluding hydrogens is 176 g/mol. The second-order valence-electron chi connectivity index (χ2n) is 4.27. The lowest BCUT2D eigenvalue weighted by molar-refractivity contribution is -0.131. The highest BCUT2D eigenvalue weighted by atomic mass is 16.4. The van der Waals surface area contributed by atoms with E-state index in [1.54, 1.807) is 6.92 Å². The summed E-state index contributed by atoms with van der Waals surface area (Å²) in [5.41, 5.74) is 1.31. The van der Waals surface area contributed by atoms with Crippen molar-refractivity contribution in [1.82, 2.24) is 0 Å². The summed E-state index contributed by atoms with van der Waals surface area (Å²) in [7, 11) is 0. The third-order valence-electron chi connectivity index (χ3n) is 2.67. The Balaban J connectivity index is 3.20. The van der Waals surface area contributed by atoms with Gasteiger partial charge in [0.2, 0.25) is 0 Å². The van der Waals surface area contributed by atoms with Crippen molar-refractivity contribution in [2.24, 2.45) is 5.41 Å². The van der Waals surface area contributed by atoms with Crippen LogP contribution in [0.4, 0.5) is 0 Å². The van der Waals surface area contributed by atoms with E-state index in [-0.39, 0.29) is 5.41 Å². The van der Waals surface area contributed by atoms with Gasteiger partial charge in [0, 0.05) is 8.82 Å². The van der Waals surface area contributed by atoms with Crippen LogP contribution in [0.2, 0.25) is 0 Å². The van der Waals surface area contributed by atoms with Crippen LogP contribution in [0.5, 0.6) is 0 Å². The fourth-order valence-corrected chi connectivity index (χ4v) is 1.81. The first-order chi connectivity index (χ1) is 7.17. The van der Waals surface area contributed by atoms with Gasteiger partial charge in [-0.3, -0.25) is 0 Å². The Morgan fingerprint density at radius 1 is 1.64 bits per heavy atom. The van der Waals surface area contributed by atoms with Gasteiger partial charge in [0.05, 0.1) is 0 Å². The number of hydrogen-bond donors (Lipinski definition) is 1. The van der Waals surface area contributed by atoms with Gasteiger partial charge in [0.1, 0.15) is 0 Å². The molecule has 1 aliphatic carbocycles. The molecular formula is C12H18O2. The SMILES string of the molecule is [2H]C1([2H])CCC(C)(C)C(/C=C/C(=O)O)=C1C. The second kappa shape index (κ2) is 3.99. The molecule has 0 unspecified atom stereocenters. The van der Waals surface area contributed by atoms with Crippen LogP contribution in [-0.4, -0.2) is 11.1 Å². The van der Waals surface area contributed by atoms with Crippen molar-refractivity contribution >= 4 is 5.97 Å². The molecule has 0 saturated carbocycles. The van der Waals surface area contributed by atoms with Crippen molar-refractivity contribution in [3.63, 3.8) is 0 Å². The summed E-state index contributed by atoms with van der Waals surface area (Å²) in [6, 6.07) is 0. The largest absolute Gasteiger partial charge is 0.478 e. The molecule has 0 aromatic carbocycles. The van der Waals surface area contributed by atoms with Crippen LogP contribution < -0.4 is 0 Å². The number of rotatable bonds is 2. The number of hydrogen-bond acceptors (Lipinski definition) is 1. The maximum Gasteiger partial charge on any atom is 0.328 e. The first-order valence-electron chi connectivity index (χ1n) is 5.80. The van der Waals surface area contributed by atoms with Gasteiger partial charge in [-0.1, -0.05) is 25.5 Å². The summed E-state index contributed by atoms with van der Waals surface area (Å²) < 4.78 is 15.7. The van der Waals surface area contributed by atoms with E-state index in [4.69, 9.17) is 7.85 Å². The Morgan fingerprint density at radius 2 is 2.29 bits per heavy atom. The smallest absolute Gasteiger partial charge is 0.328 e. The highest BCUT2D eigenvalue weighted by molar-refractivity contribution is 5.80. The van der Waals surface area contributed by atoms with Gasteiger partial charge in [-0.05, 0) is 37.1 Å². The van der Waals surface area contributed by atoms with E-state index in [0.717, 1.165) is 18.1 Å². The summed E-state index contributed by atoms with van der Waals surface area (Å²) in [5, 5.41) is 8.63. The maximum absolute atomic E-state index is 10.5. The molecule has 0 aromatic heterocycles. The van der Waals surface area contributed by atoms with Crippen molar-refractivity contribution in [1.29, 1.82) is 0 Å². The van der Waals surface area contributed by atoms with E-state index in [2.05, 4.69) is 0 Å². The molecule has 0 aliphatic heterocycles. The zero-order chi connectivity index (χ0) is 12.6. The summed E-state index contributed by atoms with van der Waals surface area (Å²) in [6.45, 7) is 5.79. The van der Waals surface area contributed by atoms with Crippen molar-refractivity contribution in [2.45, 2.75) is 40.0 Å². The van der Waals surface area contributed by atoms with E-state index < -0.39 is 12.3 Å². The number of carboxylic acids is 1. The second-order valence-corrected chi connectivity index (χ2v) is 4.27. The van der Waals surface area contributed by atoms with Gasteiger partial charge < -0.3 is 5.11 Å². The molecule has 2 nitrogen and oxygen atoms in total. The average Bonchev–Trinajstić information content (AvgIpc) is 2.12. The predicted molar refractivity (Wildman–Crippen MR) is 57.1 cm³/mol. The van der Waals surface area contributed by atoms with E-state index in [0.29, 0.717) is 12.0 Å². The van der Waals surface area contributed by atoms with Crippen LogP contribution in [-0.2, 0) is 4.79 Å². The Labute approximate surface area is 88.1 Å². The van der Waals surface area contributed by atoms with Crippen molar-refractivity contribution in [3.8, 4) is 0 Å². The molecule has 0 atom stereocenters. The van der Waals surface area contributed by atoms with E-state index in [9.17, 15) is 4.79 Å². The summed E-state index contributed by atoms with van der Waals surface area (Å²) in [4.78, 5) is 10.5. The van der Waals surface area contributed by atoms with Gasteiger partial charge in [-0.2, -0.15) is 0 Å². The fourth-order valence-electron chi connectivity index (χ4n) is 1.81. The Bertz CT molecular complexity index is 365. The molecule has 2 heteroatoms. The molecule has 1 N–H and O–H groups in total. The lowest BCUT2D eigenvalue weighted by Gasteiger charge is -2.32. The first kappa shape index (κ1) is 8.27. The monoisotopic (exact) mass is 196 g/mol. The predicted octanol–water partition coefficient (Wildman–Crippen LogP) is 3.15. The molecule has 14 heavy (non-hydrogen) atoms. The first-order valence-corrected chi connectivity index (χ1v) is 4.80. The third kappa shape index (κ3) is 2.47. The van der Waals surface area contributed by atoms with Crippen LogP contribution in [0.25, 0.3) is 0 Å². The highest BCUT2D eigenvalue weighted by Gasteiger charge is 2.26. The van der Waals surface area contributed by atoms with Crippen LogP contribution in [0.3, 0.4) is 0 Å². The summed E-state index contributed by atoms with van der Waals surface area (Å²) >= 11 is 0. The lowest BCUT2D eigenvalue weighted by Crippen LogP contribution is -2.19. The van der Waals surface area contributed by atoms with Gasteiger partial charge >= 0.3 is 5.97 Å². The topological polar surface area (TPSA) is 37.3 Å². The molecule has 0 spiro atoms. The van der Waals surface area contributed by atoms with Gasteiger partial charge in [-0.15, -0.1) is 0 Å². The highest BCUT2D eigenvalue weighted by Crippen LogP contribution is 2.40. The van der Waals surface area contributed by atoms with Crippen molar-refractivity contribution in [2.75, 3.05) is 0 Å². The number of carboxylic acid groups (broad SMARTS) is 1. The summed E-state index contributed by atoms with van der Waals surface area (Å²) in [6.07, 6.45) is 2.54. The zero-order valence-corrected chi connectivity index (χ0v) is 8.92. The Hall–Kier alpha value is -1.05. The number of carbonyl (C=O) groups is 1. The van der Waals surface area contributed by atoms with Crippen LogP contribution in [0.1, 0.15) is 42.7 Å². The average molecular weight is 196 g/mol. The molecule has 0 fully saturated rings. The normalized spacial score (nSPS) is 27.4. The Kier molecular flexibility index (Phi) is 2.36. The number of allylic oxidation sites excluding steroid dienone is 3. The molecule has 1 aliphatic rings. The molecule has 0 aromatic rings. The summed E-state index contributed by atoms with van der Waals surface area (Å²) in [5.74, 6) is -0.998. The fraction of sp³-hybridized carbons (Fsp3) is 0.583. The molecule has 0 bridgehead atoms. The molecule has 78 valence electrons. The van der Waals surface area contributed by atoms with Crippen molar-refractivity contribution in [3.05, 3.63) is 23.3 Å². The van der Waals surface area contributed by atoms with Crippen molar-refractivity contribution < 1.29 is 12.6 Å². The van der Waals surface area contributed by atoms with E-state index in [1.165, 1.54) is 6.08 Å². The van der Waals surface area contributed by atoms with Gasteiger partial charge in [0.15, 0.2) is 0 Å². The molecule has 0 saturated heterocycles. The Morgan fingerprint density at radius 3 is 2.86 bits per heavy atom. The van der Waals surface area contributed by atoms with Gasteiger partial charge in [-0.25, -0.2) is 4.79 Å². The standard InChI is InChI=1S/C12H18O2/c1-9-5-4-8-12(2,3)10(9)6-7-11(13)14/h6-7H,4-5,8H2,1-3H3,(H,13,14)/b7-6+/i5D2. The van der Waals surface area contributed by atoms with E-state index in [1.807, 2.05) is 13.8 Å². The minimum Gasteiger partial charge on any atom is -0.478 e. The minimum atomic E-state index is -1.31. The van der Waals surface area contributed by atoms with Crippen LogP contribution >= 0.6 is 0 Å². The lowest BCUT2D eigenvalue weighted by atomic mass is 9.73. The molecule has 1 rings (SSSR count). The third-order valence-corrected chi connectivity index (χ3v) is 2.67.